The normalized spacial score (nSPS) is 22.2. The average molecular weight is 242 g/mol. The molecule has 5 nitrogen and oxygen atoms in total. The Kier molecular flexibility index (Phi) is 5.41. The Morgan fingerprint density at radius 3 is 2.82 bits per heavy atom. The monoisotopic (exact) mass is 242 g/mol. The summed E-state index contributed by atoms with van der Waals surface area (Å²) < 4.78 is 0. The van der Waals surface area contributed by atoms with Crippen molar-refractivity contribution in [3.05, 3.63) is 0 Å². The maximum atomic E-state index is 12.0. The highest BCUT2D eigenvalue weighted by Gasteiger charge is 2.30. The van der Waals surface area contributed by atoms with Crippen LogP contribution < -0.4 is 5.73 Å². The first-order valence-electron chi connectivity index (χ1n) is 6.33. The molecule has 1 aliphatic rings. The number of piperidine rings is 1. The number of carboxylic acid groups (broad SMARTS) is 1. The van der Waals surface area contributed by atoms with Gasteiger partial charge in [0.1, 0.15) is 0 Å². The molecule has 0 bridgehead atoms. The van der Waals surface area contributed by atoms with Gasteiger partial charge in [-0.05, 0) is 19.3 Å². The van der Waals surface area contributed by atoms with Crippen LogP contribution in [0, 0.1) is 5.92 Å². The summed E-state index contributed by atoms with van der Waals surface area (Å²) in [5.41, 5.74) is 5.82. The molecule has 2 atom stereocenters. The van der Waals surface area contributed by atoms with Crippen LogP contribution in [0.1, 0.15) is 39.0 Å². The van der Waals surface area contributed by atoms with Crippen LogP contribution in [0.3, 0.4) is 0 Å². The zero-order valence-electron chi connectivity index (χ0n) is 10.4. The lowest BCUT2D eigenvalue weighted by Gasteiger charge is -2.32. The molecule has 1 aliphatic heterocycles. The van der Waals surface area contributed by atoms with E-state index in [4.69, 9.17) is 10.8 Å². The number of likely N-dealkylation sites (tertiary alicyclic amines) is 1. The van der Waals surface area contributed by atoms with E-state index in [-0.39, 0.29) is 5.91 Å². The highest BCUT2D eigenvalue weighted by molar-refractivity contribution is 5.82. The fourth-order valence-electron chi connectivity index (χ4n) is 2.16. The summed E-state index contributed by atoms with van der Waals surface area (Å²) in [6.07, 6.45) is 4.04. The maximum absolute atomic E-state index is 12.0. The second-order valence-corrected chi connectivity index (χ2v) is 4.71. The standard InChI is InChI=1S/C12H22N2O3/c1-2-3-6-10(13)11(15)14-7-4-5-9(8-14)12(16)17/h9-10H,2-8,13H2,1H3,(H,16,17)/t9-,10+/m1/s1. The summed E-state index contributed by atoms with van der Waals surface area (Å²) in [4.78, 5) is 24.5. The van der Waals surface area contributed by atoms with E-state index in [9.17, 15) is 9.59 Å². The molecule has 1 saturated heterocycles. The number of nitrogens with zero attached hydrogens (tertiary/aromatic N) is 1. The van der Waals surface area contributed by atoms with E-state index < -0.39 is 17.9 Å². The molecule has 0 aromatic carbocycles. The Morgan fingerprint density at radius 2 is 2.24 bits per heavy atom. The Bertz CT molecular complexity index is 281. The molecule has 1 heterocycles. The van der Waals surface area contributed by atoms with Gasteiger partial charge in [0.25, 0.3) is 0 Å². The molecule has 1 fully saturated rings. The number of carbonyl (C=O) groups excluding carboxylic acids is 1. The van der Waals surface area contributed by atoms with Gasteiger partial charge in [-0.15, -0.1) is 0 Å². The number of aliphatic carboxylic acids is 1. The third kappa shape index (κ3) is 4.00. The highest BCUT2D eigenvalue weighted by atomic mass is 16.4. The van der Waals surface area contributed by atoms with Crippen LogP contribution >= 0.6 is 0 Å². The number of unbranched alkanes of at least 4 members (excludes halogenated alkanes) is 1. The molecule has 98 valence electrons. The largest absolute Gasteiger partial charge is 0.481 e. The molecular formula is C12H22N2O3. The maximum Gasteiger partial charge on any atom is 0.308 e. The van der Waals surface area contributed by atoms with Crippen molar-refractivity contribution in [2.24, 2.45) is 11.7 Å². The predicted octanol–water partition coefficient (Wildman–Crippen LogP) is 0.827. The zero-order chi connectivity index (χ0) is 12.8. The quantitative estimate of drug-likeness (QED) is 0.748. The van der Waals surface area contributed by atoms with Crippen LogP contribution in [0.5, 0.6) is 0 Å². The van der Waals surface area contributed by atoms with Gasteiger partial charge in [-0.3, -0.25) is 9.59 Å². The van der Waals surface area contributed by atoms with Crippen LogP contribution in [0.4, 0.5) is 0 Å². The lowest BCUT2D eigenvalue weighted by molar-refractivity contribution is -0.146. The van der Waals surface area contributed by atoms with Crippen molar-refractivity contribution in [1.82, 2.24) is 4.90 Å². The predicted molar refractivity (Wildman–Crippen MR) is 64.4 cm³/mol. The number of nitrogens with two attached hydrogens (primary N) is 1. The van der Waals surface area contributed by atoms with Gasteiger partial charge in [-0.2, -0.15) is 0 Å². The van der Waals surface area contributed by atoms with E-state index in [1.165, 1.54) is 0 Å². The summed E-state index contributed by atoms with van der Waals surface area (Å²) in [6.45, 7) is 3.01. The van der Waals surface area contributed by atoms with Crippen molar-refractivity contribution in [1.29, 1.82) is 0 Å². The molecule has 0 aliphatic carbocycles. The Hall–Kier alpha value is -1.10. The molecule has 0 aromatic heterocycles. The fourth-order valence-corrected chi connectivity index (χ4v) is 2.16. The van der Waals surface area contributed by atoms with Crippen molar-refractivity contribution >= 4 is 11.9 Å². The minimum atomic E-state index is -0.815. The first-order chi connectivity index (χ1) is 8.06. The van der Waals surface area contributed by atoms with E-state index in [0.29, 0.717) is 25.9 Å². The zero-order valence-corrected chi connectivity index (χ0v) is 10.4. The van der Waals surface area contributed by atoms with Crippen LogP contribution in [-0.2, 0) is 9.59 Å². The number of rotatable bonds is 5. The van der Waals surface area contributed by atoms with Crippen molar-refractivity contribution in [3.8, 4) is 0 Å². The number of hydrogen-bond acceptors (Lipinski definition) is 3. The van der Waals surface area contributed by atoms with Gasteiger partial charge in [0.05, 0.1) is 12.0 Å². The topological polar surface area (TPSA) is 83.6 Å². The Morgan fingerprint density at radius 1 is 1.53 bits per heavy atom. The molecule has 0 aromatic rings. The lowest BCUT2D eigenvalue weighted by Crippen LogP contribution is -2.49. The van der Waals surface area contributed by atoms with E-state index in [1.807, 2.05) is 0 Å². The second kappa shape index (κ2) is 6.59. The van der Waals surface area contributed by atoms with Crippen molar-refractivity contribution in [2.75, 3.05) is 13.1 Å². The molecule has 0 saturated carbocycles. The SMILES string of the molecule is CCCC[C@H](N)C(=O)N1CCC[C@@H](C(=O)O)C1. The lowest BCUT2D eigenvalue weighted by atomic mass is 9.97. The molecule has 1 rings (SSSR count). The average Bonchev–Trinajstić information content (AvgIpc) is 2.35. The molecule has 5 heteroatoms. The van der Waals surface area contributed by atoms with Crippen LogP contribution in [0.25, 0.3) is 0 Å². The number of hydrogen-bond donors (Lipinski definition) is 2. The van der Waals surface area contributed by atoms with Crippen LogP contribution in [0.15, 0.2) is 0 Å². The number of carboxylic acids is 1. The number of amides is 1. The molecular weight excluding hydrogens is 220 g/mol. The van der Waals surface area contributed by atoms with Gasteiger partial charge in [-0.25, -0.2) is 0 Å². The van der Waals surface area contributed by atoms with Crippen LogP contribution in [-0.4, -0.2) is 41.0 Å². The van der Waals surface area contributed by atoms with Gasteiger partial charge in [0.2, 0.25) is 5.91 Å². The summed E-state index contributed by atoms with van der Waals surface area (Å²) in [5.74, 6) is -1.33. The van der Waals surface area contributed by atoms with Crippen molar-refractivity contribution in [3.63, 3.8) is 0 Å². The van der Waals surface area contributed by atoms with Crippen molar-refractivity contribution < 1.29 is 14.7 Å². The van der Waals surface area contributed by atoms with Gasteiger partial charge in [0.15, 0.2) is 0 Å². The summed E-state index contributed by atoms with van der Waals surface area (Å²) >= 11 is 0. The third-order valence-corrected chi connectivity index (χ3v) is 3.27. The molecule has 0 spiro atoms. The molecule has 0 radical (unpaired) electrons. The third-order valence-electron chi connectivity index (χ3n) is 3.27. The van der Waals surface area contributed by atoms with Crippen molar-refractivity contribution in [2.45, 2.75) is 45.1 Å². The molecule has 0 unspecified atom stereocenters. The Labute approximate surface area is 102 Å². The highest BCUT2D eigenvalue weighted by Crippen LogP contribution is 2.17. The minimum Gasteiger partial charge on any atom is -0.481 e. The van der Waals surface area contributed by atoms with Crippen LogP contribution in [0.2, 0.25) is 0 Å². The molecule has 3 N–H and O–H groups in total. The number of carbonyl (C=O) groups is 2. The van der Waals surface area contributed by atoms with Gasteiger partial charge < -0.3 is 15.7 Å². The van der Waals surface area contributed by atoms with Gasteiger partial charge in [0, 0.05) is 13.1 Å². The fraction of sp³-hybridized carbons (Fsp3) is 0.833. The van der Waals surface area contributed by atoms with E-state index in [0.717, 1.165) is 19.3 Å². The van der Waals surface area contributed by atoms with E-state index >= 15 is 0 Å². The summed E-state index contributed by atoms with van der Waals surface area (Å²) in [6, 6.07) is -0.470. The van der Waals surface area contributed by atoms with E-state index in [2.05, 4.69) is 6.92 Å². The first-order valence-corrected chi connectivity index (χ1v) is 6.33. The minimum absolute atomic E-state index is 0.0931. The summed E-state index contributed by atoms with van der Waals surface area (Å²) in [5, 5.41) is 8.95. The first kappa shape index (κ1) is 14.0. The molecule has 17 heavy (non-hydrogen) atoms. The molecule has 1 amide bonds. The second-order valence-electron chi connectivity index (χ2n) is 4.71. The summed E-state index contributed by atoms with van der Waals surface area (Å²) in [7, 11) is 0. The smallest absolute Gasteiger partial charge is 0.308 e. The van der Waals surface area contributed by atoms with Gasteiger partial charge >= 0.3 is 5.97 Å². The van der Waals surface area contributed by atoms with Gasteiger partial charge in [-0.1, -0.05) is 19.8 Å². The van der Waals surface area contributed by atoms with E-state index in [1.54, 1.807) is 4.90 Å². The Balaban J connectivity index is 2.48.